The van der Waals surface area contributed by atoms with E-state index < -0.39 is 11.8 Å². The number of rotatable bonds is 7. The molecule has 3 aromatic rings. The number of ether oxygens (including phenoxy) is 1. The molecule has 0 spiro atoms. The number of carbonyl (C=O) groups is 3. The van der Waals surface area contributed by atoms with Crippen molar-refractivity contribution in [3.8, 4) is 0 Å². The maximum atomic E-state index is 12.2. The van der Waals surface area contributed by atoms with Crippen LogP contribution in [0.4, 0.5) is 11.1 Å². The van der Waals surface area contributed by atoms with Crippen LogP contribution in [0, 0.1) is 0 Å². The van der Waals surface area contributed by atoms with E-state index in [0.29, 0.717) is 23.0 Å². The Balaban J connectivity index is 1.58. The molecule has 2 heterocycles. The lowest BCUT2D eigenvalue weighted by molar-refractivity contribution is -0.142. The van der Waals surface area contributed by atoms with Crippen LogP contribution in [-0.2, 0) is 16.0 Å². The molecular weight excluding hydrogens is 384 g/mol. The number of amides is 2. The molecule has 0 radical (unpaired) electrons. The van der Waals surface area contributed by atoms with Crippen molar-refractivity contribution in [1.82, 2.24) is 9.97 Å². The van der Waals surface area contributed by atoms with Crippen LogP contribution in [0.3, 0.4) is 0 Å². The predicted octanol–water partition coefficient (Wildman–Crippen LogP) is 2.74. The lowest BCUT2D eigenvalue weighted by Gasteiger charge is -2.00. The van der Waals surface area contributed by atoms with Gasteiger partial charge < -0.3 is 9.15 Å². The molecule has 2 amide bonds. The minimum absolute atomic E-state index is 0.0227. The standard InChI is InChI=1S/C18H16N4O5S/c1-2-26-14(23)8-12-10-28-18(19-12)22-16(25)13-9-27-17(20-13)21-15(24)11-6-4-3-5-7-11/h3-7,9-10H,2,8H2,1H3,(H,19,22,25)(H,20,21,24). The van der Waals surface area contributed by atoms with Crippen LogP contribution in [0.25, 0.3) is 0 Å². The molecule has 0 bridgehead atoms. The van der Waals surface area contributed by atoms with E-state index in [0.717, 1.165) is 6.26 Å². The summed E-state index contributed by atoms with van der Waals surface area (Å²) in [5.74, 6) is -1.35. The van der Waals surface area contributed by atoms with Gasteiger partial charge in [-0.3, -0.25) is 25.0 Å². The van der Waals surface area contributed by atoms with Gasteiger partial charge in [0, 0.05) is 10.9 Å². The molecule has 10 heteroatoms. The number of anilines is 2. The van der Waals surface area contributed by atoms with E-state index in [1.54, 1.807) is 42.6 Å². The van der Waals surface area contributed by atoms with Crippen molar-refractivity contribution in [3.05, 3.63) is 58.9 Å². The molecule has 9 nitrogen and oxygen atoms in total. The topological polar surface area (TPSA) is 123 Å². The first-order valence-electron chi connectivity index (χ1n) is 8.28. The zero-order valence-corrected chi connectivity index (χ0v) is 15.6. The molecule has 0 aliphatic carbocycles. The van der Waals surface area contributed by atoms with Crippen molar-refractivity contribution >= 4 is 40.3 Å². The van der Waals surface area contributed by atoms with Gasteiger partial charge in [-0.15, -0.1) is 11.3 Å². The second kappa shape index (κ2) is 8.91. The summed E-state index contributed by atoms with van der Waals surface area (Å²) in [5, 5.41) is 7.00. The molecule has 0 unspecified atom stereocenters. The molecule has 0 atom stereocenters. The first kappa shape index (κ1) is 19.2. The average Bonchev–Trinajstić information content (AvgIpc) is 3.32. The van der Waals surface area contributed by atoms with Gasteiger partial charge in [0.05, 0.1) is 18.7 Å². The van der Waals surface area contributed by atoms with Crippen molar-refractivity contribution in [3.63, 3.8) is 0 Å². The molecule has 0 saturated carbocycles. The Bertz CT molecular complexity index is 983. The largest absolute Gasteiger partial charge is 0.466 e. The van der Waals surface area contributed by atoms with Gasteiger partial charge in [0.2, 0.25) is 0 Å². The smallest absolute Gasteiger partial charge is 0.311 e. The Hall–Kier alpha value is -3.53. The third kappa shape index (κ3) is 5.01. The maximum absolute atomic E-state index is 12.2. The van der Waals surface area contributed by atoms with Gasteiger partial charge in [0.25, 0.3) is 11.8 Å². The Morgan fingerprint density at radius 2 is 1.89 bits per heavy atom. The summed E-state index contributed by atoms with van der Waals surface area (Å²) in [5.41, 5.74) is 0.906. The van der Waals surface area contributed by atoms with Gasteiger partial charge in [-0.2, -0.15) is 4.98 Å². The quantitative estimate of drug-likeness (QED) is 0.585. The Morgan fingerprint density at radius 3 is 2.64 bits per heavy atom. The number of nitrogens with one attached hydrogen (secondary N) is 2. The normalized spacial score (nSPS) is 10.3. The van der Waals surface area contributed by atoms with Crippen LogP contribution in [0.5, 0.6) is 0 Å². The number of aromatic nitrogens is 2. The van der Waals surface area contributed by atoms with Crippen LogP contribution in [0.15, 0.2) is 46.4 Å². The van der Waals surface area contributed by atoms with Gasteiger partial charge in [-0.25, -0.2) is 4.98 Å². The second-order valence-corrected chi connectivity index (χ2v) is 6.30. The van der Waals surface area contributed by atoms with E-state index in [1.165, 1.54) is 11.3 Å². The molecule has 28 heavy (non-hydrogen) atoms. The summed E-state index contributed by atoms with van der Waals surface area (Å²) in [6.07, 6.45) is 1.16. The third-order valence-electron chi connectivity index (χ3n) is 3.40. The molecular formula is C18H16N4O5S. The molecule has 1 aromatic carbocycles. The maximum Gasteiger partial charge on any atom is 0.311 e. The van der Waals surface area contributed by atoms with Gasteiger partial charge in [0.1, 0.15) is 6.26 Å². The summed E-state index contributed by atoms with van der Waals surface area (Å²) < 4.78 is 9.97. The van der Waals surface area contributed by atoms with Crippen molar-refractivity contribution in [2.24, 2.45) is 0 Å². The van der Waals surface area contributed by atoms with Crippen LogP contribution < -0.4 is 10.6 Å². The highest BCUT2D eigenvalue weighted by Gasteiger charge is 2.17. The first-order chi connectivity index (χ1) is 13.5. The molecule has 2 N–H and O–H groups in total. The SMILES string of the molecule is CCOC(=O)Cc1csc(NC(=O)c2coc(NC(=O)c3ccccc3)n2)n1. The molecule has 0 aliphatic heterocycles. The number of hydrogen-bond acceptors (Lipinski definition) is 8. The van der Waals surface area contributed by atoms with Crippen molar-refractivity contribution in [2.75, 3.05) is 17.2 Å². The van der Waals surface area contributed by atoms with E-state index in [-0.39, 0.29) is 24.1 Å². The molecule has 0 saturated heterocycles. The van der Waals surface area contributed by atoms with Crippen LogP contribution in [-0.4, -0.2) is 34.4 Å². The number of esters is 1. The molecule has 0 fully saturated rings. The van der Waals surface area contributed by atoms with E-state index >= 15 is 0 Å². The Labute approximate surface area is 163 Å². The highest BCUT2D eigenvalue weighted by Crippen LogP contribution is 2.18. The van der Waals surface area contributed by atoms with Crippen molar-refractivity contribution in [1.29, 1.82) is 0 Å². The fourth-order valence-electron chi connectivity index (χ4n) is 2.16. The highest BCUT2D eigenvalue weighted by atomic mass is 32.1. The van der Waals surface area contributed by atoms with E-state index in [4.69, 9.17) is 9.15 Å². The summed E-state index contributed by atoms with van der Waals surface area (Å²) >= 11 is 1.17. The molecule has 144 valence electrons. The fourth-order valence-corrected chi connectivity index (χ4v) is 2.87. The zero-order chi connectivity index (χ0) is 19.9. The number of oxazole rings is 1. The number of hydrogen-bond donors (Lipinski definition) is 2. The third-order valence-corrected chi connectivity index (χ3v) is 4.20. The molecule has 2 aromatic heterocycles. The fraction of sp³-hybridized carbons (Fsp3) is 0.167. The highest BCUT2D eigenvalue weighted by molar-refractivity contribution is 7.14. The number of nitrogens with zero attached hydrogens (tertiary/aromatic N) is 2. The van der Waals surface area contributed by atoms with E-state index in [9.17, 15) is 14.4 Å². The van der Waals surface area contributed by atoms with Gasteiger partial charge in [0.15, 0.2) is 10.8 Å². The first-order valence-corrected chi connectivity index (χ1v) is 9.16. The summed E-state index contributed by atoms with van der Waals surface area (Å²) in [7, 11) is 0. The van der Waals surface area contributed by atoms with E-state index in [1.807, 2.05) is 0 Å². The van der Waals surface area contributed by atoms with Crippen molar-refractivity contribution < 1.29 is 23.5 Å². The zero-order valence-electron chi connectivity index (χ0n) is 14.8. The van der Waals surface area contributed by atoms with Crippen LogP contribution in [0.1, 0.15) is 33.5 Å². The second-order valence-electron chi connectivity index (χ2n) is 5.44. The Kier molecular flexibility index (Phi) is 6.12. The summed E-state index contributed by atoms with van der Waals surface area (Å²) in [4.78, 5) is 43.9. The monoisotopic (exact) mass is 400 g/mol. The minimum Gasteiger partial charge on any atom is -0.466 e. The Morgan fingerprint density at radius 1 is 1.11 bits per heavy atom. The van der Waals surface area contributed by atoms with Gasteiger partial charge >= 0.3 is 12.0 Å². The van der Waals surface area contributed by atoms with Crippen LogP contribution >= 0.6 is 11.3 Å². The number of benzene rings is 1. The lowest BCUT2D eigenvalue weighted by atomic mass is 10.2. The molecule has 0 aliphatic rings. The number of carbonyl (C=O) groups excluding carboxylic acids is 3. The van der Waals surface area contributed by atoms with Crippen LogP contribution in [0.2, 0.25) is 0 Å². The summed E-state index contributed by atoms with van der Waals surface area (Å²) in [6.45, 7) is 2.01. The predicted molar refractivity (Wildman–Crippen MR) is 101 cm³/mol. The summed E-state index contributed by atoms with van der Waals surface area (Å²) in [6, 6.07) is 8.44. The lowest BCUT2D eigenvalue weighted by Crippen LogP contribution is -2.14. The minimum atomic E-state index is -0.555. The number of thiazole rings is 1. The molecule has 3 rings (SSSR count). The van der Waals surface area contributed by atoms with Gasteiger partial charge in [-0.1, -0.05) is 18.2 Å². The van der Waals surface area contributed by atoms with Gasteiger partial charge in [-0.05, 0) is 19.1 Å². The average molecular weight is 400 g/mol. The van der Waals surface area contributed by atoms with Crippen molar-refractivity contribution in [2.45, 2.75) is 13.3 Å². The van der Waals surface area contributed by atoms with E-state index in [2.05, 4.69) is 20.6 Å².